The molecule has 0 saturated heterocycles. The number of hydrogen-bond acceptors (Lipinski definition) is 6. The summed E-state index contributed by atoms with van der Waals surface area (Å²) in [6.07, 6.45) is 1.53. The van der Waals surface area contributed by atoms with Gasteiger partial charge in [0.1, 0.15) is 5.75 Å². The van der Waals surface area contributed by atoms with Gasteiger partial charge in [-0.15, -0.1) is 0 Å². The Morgan fingerprint density at radius 3 is 2.41 bits per heavy atom. The molecule has 0 aliphatic heterocycles. The Morgan fingerprint density at radius 2 is 1.72 bits per heavy atom. The van der Waals surface area contributed by atoms with Gasteiger partial charge in [-0.2, -0.15) is 5.10 Å². The summed E-state index contributed by atoms with van der Waals surface area (Å²) in [5.41, 5.74) is 5.61. The predicted octanol–water partition coefficient (Wildman–Crippen LogP) is 5.25. The van der Waals surface area contributed by atoms with Crippen LogP contribution in [0.3, 0.4) is 0 Å². The summed E-state index contributed by atoms with van der Waals surface area (Å²) >= 11 is 3.40. The fraction of sp³-hybridized carbons (Fsp3) is 0.300. The second-order valence-corrected chi connectivity index (χ2v) is 10.00. The lowest BCUT2D eigenvalue weighted by molar-refractivity contribution is 0.0956. The molecular weight excluding hydrogens is 558 g/mol. The van der Waals surface area contributed by atoms with E-state index in [-0.39, 0.29) is 11.5 Å². The summed E-state index contributed by atoms with van der Waals surface area (Å²) in [6.45, 7) is 9.25. The third kappa shape index (κ3) is 9.31. The van der Waals surface area contributed by atoms with E-state index in [4.69, 9.17) is 4.74 Å². The van der Waals surface area contributed by atoms with E-state index in [1.807, 2.05) is 30.3 Å². The van der Waals surface area contributed by atoms with Gasteiger partial charge in [0.15, 0.2) is 0 Å². The number of anilines is 1. The van der Waals surface area contributed by atoms with Gasteiger partial charge in [-0.3, -0.25) is 9.59 Å². The zero-order valence-corrected chi connectivity index (χ0v) is 24.5. The molecular formula is C30H36BrN5O3. The van der Waals surface area contributed by atoms with Crippen molar-refractivity contribution in [3.8, 4) is 5.75 Å². The van der Waals surface area contributed by atoms with Gasteiger partial charge in [-0.25, -0.2) is 5.43 Å². The lowest BCUT2D eigenvalue weighted by Crippen LogP contribution is -2.32. The van der Waals surface area contributed by atoms with Crippen LogP contribution in [0.5, 0.6) is 5.75 Å². The van der Waals surface area contributed by atoms with Crippen LogP contribution in [0, 0.1) is 0 Å². The van der Waals surface area contributed by atoms with Crippen LogP contribution in [-0.2, 0) is 6.54 Å². The molecule has 206 valence electrons. The molecule has 0 unspecified atom stereocenters. The van der Waals surface area contributed by atoms with E-state index in [0.717, 1.165) is 43.9 Å². The van der Waals surface area contributed by atoms with E-state index in [2.05, 4.69) is 62.5 Å². The van der Waals surface area contributed by atoms with Crippen LogP contribution >= 0.6 is 15.9 Å². The van der Waals surface area contributed by atoms with Gasteiger partial charge < -0.3 is 19.9 Å². The molecule has 8 nitrogen and oxygen atoms in total. The third-order valence-electron chi connectivity index (χ3n) is 6.31. The zero-order chi connectivity index (χ0) is 28.2. The largest absolute Gasteiger partial charge is 0.497 e. The van der Waals surface area contributed by atoms with Gasteiger partial charge in [0, 0.05) is 29.7 Å². The number of ether oxygens (including phenoxy) is 1. The Hall–Kier alpha value is -3.53. The van der Waals surface area contributed by atoms with Gasteiger partial charge in [-0.1, -0.05) is 54.0 Å². The van der Waals surface area contributed by atoms with Crippen molar-refractivity contribution >= 4 is 39.6 Å². The normalized spacial score (nSPS) is 11.3. The van der Waals surface area contributed by atoms with Crippen molar-refractivity contribution in [2.45, 2.75) is 20.4 Å². The number of nitrogens with one attached hydrogen (secondary N) is 2. The summed E-state index contributed by atoms with van der Waals surface area (Å²) in [5, 5.41) is 6.91. The maximum Gasteiger partial charge on any atom is 0.273 e. The molecule has 0 bridgehead atoms. The first-order valence-corrected chi connectivity index (χ1v) is 13.7. The number of hydrazone groups is 1. The molecule has 2 N–H and O–H groups in total. The molecule has 2 amide bonds. The summed E-state index contributed by atoms with van der Waals surface area (Å²) in [5.74, 6) is -0.0564. The van der Waals surface area contributed by atoms with Crippen molar-refractivity contribution in [2.75, 3.05) is 45.7 Å². The molecule has 0 spiro atoms. The van der Waals surface area contributed by atoms with Gasteiger partial charge in [0.05, 0.1) is 24.6 Å². The number of rotatable bonds is 13. The van der Waals surface area contributed by atoms with E-state index < -0.39 is 5.91 Å². The van der Waals surface area contributed by atoms with Crippen LogP contribution in [0.1, 0.15) is 45.7 Å². The highest BCUT2D eigenvalue weighted by Crippen LogP contribution is 2.22. The van der Waals surface area contributed by atoms with Crippen LogP contribution in [0.2, 0.25) is 0 Å². The number of hydrogen-bond donors (Lipinski definition) is 2. The van der Waals surface area contributed by atoms with Gasteiger partial charge in [-0.05, 0) is 73.7 Å². The van der Waals surface area contributed by atoms with Crippen molar-refractivity contribution in [1.82, 2.24) is 15.2 Å². The molecule has 3 rings (SSSR count). The fourth-order valence-electron chi connectivity index (χ4n) is 3.96. The lowest BCUT2D eigenvalue weighted by Gasteiger charge is -2.23. The number of nitrogens with zero attached hydrogens (tertiary/aromatic N) is 3. The average Bonchev–Trinajstić information content (AvgIpc) is 2.95. The van der Waals surface area contributed by atoms with Crippen molar-refractivity contribution in [2.24, 2.45) is 5.10 Å². The van der Waals surface area contributed by atoms with Gasteiger partial charge in [0.25, 0.3) is 11.8 Å². The van der Waals surface area contributed by atoms with Crippen molar-refractivity contribution in [3.05, 3.63) is 93.5 Å². The van der Waals surface area contributed by atoms with Crippen molar-refractivity contribution < 1.29 is 14.3 Å². The van der Waals surface area contributed by atoms with Crippen LogP contribution in [0.25, 0.3) is 0 Å². The topological polar surface area (TPSA) is 86.3 Å². The number of methoxy groups -OCH3 is 1. The summed E-state index contributed by atoms with van der Waals surface area (Å²) in [4.78, 5) is 30.6. The fourth-order valence-corrected chi connectivity index (χ4v) is 4.32. The van der Waals surface area contributed by atoms with Crippen molar-refractivity contribution in [3.63, 3.8) is 0 Å². The zero-order valence-electron chi connectivity index (χ0n) is 22.9. The molecule has 0 heterocycles. The molecule has 0 aromatic heterocycles. The second kappa shape index (κ2) is 15.2. The molecule has 3 aromatic carbocycles. The number of halogens is 1. The number of amides is 2. The van der Waals surface area contributed by atoms with Crippen LogP contribution in [0.4, 0.5) is 5.69 Å². The van der Waals surface area contributed by atoms with E-state index >= 15 is 0 Å². The molecule has 0 aliphatic rings. The predicted molar refractivity (Wildman–Crippen MR) is 161 cm³/mol. The van der Waals surface area contributed by atoms with Crippen LogP contribution in [-0.4, -0.2) is 68.2 Å². The first kappa shape index (κ1) is 30.0. The monoisotopic (exact) mass is 593 g/mol. The maximum absolute atomic E-state index is 13.0. The van der Waals surface area contributed by atoms with E-state index in [1.165, 1.54) is 6.21 Å². The Balaban J connectivity index is 1.62. The second-order valence-electron chi connectivity index (χ2n) is 9.08. The molecule has 0 saturated carbocycles. The van der Waals surface area contributed by atoms with Crippen LogP contribution < -0.4 is 15.5 Å². The molecule has 0 fully saturated rings. The SMILES string of the molecule is CCN(CC)CCN(C)Cc1ccc(C(=O)Nc2ccc(Br)cc2C(=O)N/N=C/c2cccc(OC)c2)cc1. The van der Waals surface area contributed by atoms with Gasteiger partial charge in [0.2, 0.25) is 0 Å². The molecule has 3 aromatic rings. The first-order valence-electron chi connectivity index (χ1n) is 12.9. The molecule has 0 aliphatic carbocycles. The summed E-state index contributed by atoms with van der Waals surface area (Å²) in [6, 6.07) is 19.9. The Labute approximate surface area is 239 Å². The molecule has 39 heavy (non-hydrogen) atoms. The minimum Gasteiger partial charge on any atom is -0.497 e. The number of likely N-dealkylation sites (N-methyl/N-ethyl adjacent to an activating group) is 2. The lowest BCUT2D eigenvalue weighted by atomic mass is 10.1. The highest BCUT2D eigenvalue weighted by molar-refractivity contribution is 9.10. The smallest absolute Gasteiger partial charge is 0.273 e. The number of benzene rings is 3. The Kier molecular flexibility index (Phi) is 11.7. The summed E-state index contributed by atoms with van der Waals surface area (Å²) in [7, 11) is 3.69. The van der Waals surface area contributed by atoms with E-state index in [0.29, 0.717) is 21.5 Å². The summed E-state index contributed by atoms with van der Waals surface area (Å²) < 4.78 is 5.91. The Morgan fingerprint density at radius 1 is 0.974 bits per heavy atom. The standard InChI is InChI=1S/C30H36BrN5O3/c1-5-36(6-2)17-16-35(3)21-22-10-12-24(13-11-22)29(37)33-28-15-14-25(31)19-27(28)30(38)34-32-20-23-8-7-9-26(18-23)39-4/h7-15,18-20H,5-6,16-17,21H2,1-4H3,(H,33,37)(H,34,38)/b32-20+. The van der Waals surface area contributed by atoms with Gasteiger partial charge >= 0.3 is 0 Å². The highest BCUT2D eigenvalue weighted by atomic mass is 79.9. The van der Waals surface area contributed by atoms with E-state index in [9.17, 15) is 9.59 Å². The third-order valence-corrected chi connectivity index (χ3v) is 6.80. The minimum absolute atomic E-state index is 0.284. The maximum atomic E-state index is 13.0. The number of carbonyl (C=O) groups excluding carboxylic acids is 2. The molecule has 0 radical (unpaired) electrons. The quantitative estimate of drug-likeness (QED) is 0.209. The van der Waals surface area contributed by atoms with E-state index in [1.54, 1.807) is 43.5 Å². The van der Waals surface area contributed by atoms with Crippen molar-refractivity contribution in [1.29, 1.82) is 0 Å². The average molecular weight is 595 g/mol. The number of carbonyl (C=O) groups is 2. The highest BCUT2D eigenvalue weighted by Gasteiger charge is 2.15. The molecule has 0 atom stereocenters. The van der Waals surface area contributed by atoms with Crippen LogP contribution in [0.15, 0.2) is 76.3 Å². The Bertz CT molecular complexity index is 1280. The first-order chi connectivity index (χ1) is 18.8. The molecule has 9 heteroatoms. The minimum atomic E-state index is -0.450.